The van der Waals surface area contributed by atoms with Gasteiger partial charge in [-0.3, -0.25) is 41.5 Å². The lowest BCUT2D eigenvalue weighted by Gasteiger charge is -2.27. The molecule has 7 heterocycles. The third-order valence-electron chi connectivity index (χ3n) is 7.65. The Kier molecular flexibility index (Phi) is 8.56. The smallest absolute Gasteiger partial charge is 0.394 e. The van der Waals surface area contributed by atoms with Crippen molar-refractivity contribution in [3.8, 4) is 0 Å². The van der Waals surface area contributed by atoms with Crippen molar-refractivity contribution in [2.45, 2.75) is 49.1 Å². The van der Waals surface area contributed by atoms with E-state index in [-0.39, 0.29) is 34.1 Å². The molecule has 3 aliphatic heterocycles. The minimum absolute atomic E-state index is 0.0350. The number of nitrogens with two attached hydrogens (primary N) is 2. The van der Waals surface area contributed by atoms with E-state index in [1.807, 2.05) is 0 Å². The van der Waals surface area contributed by atoms with Gasteiger partial charge in [0.15, 0.2) is 35.1 Å². The van der Waals surface area contributed by atoms with E-state index in [9.17, 15) is 34.1 Å². The number of rotatable bonds is 5. The van der Waals surface area contributed by atoms with Crippen molar-refractivity contribution in [3.05, 3.63) is 29.3 Å². The SMILES string of the molecule is Nc1nc2c(ncn2C2OC3COP(=O)(O)OC4C(COP(=O)(OCCO)OC2C3O)OC(n2cnc3c(N)ncnc32)C4O)c(=O)[nH]1. The van der Waals surface area contributed by atoms with Crippen LogP contribution in [0, 0.1) is 0 Å². The Labute approximate surface area is 266 Å². The topological polar surface area (TPSA) is 339 Å². The summed E-state index contributed by atoms with van der Waals surface area (Å²) in [7, 11) is -9.90. The maximum Gasteiger partial charge on any atom is 0.475 e. The number of phosphoric ester groups is 2. The fraction of sp³-hybridized carbons (Fsp3) is 0.545. The number of H-pyrrole nitrogens is 1. The lowest BCUT2D eigenvalue weighted by molar-refractivity contribution is -0.0698. The predicted octanol–water partition coefficient (Wildman–Crippen LogP) is -2.32. The molecule has 7 rings (SSSR count). The molecule has 3 saturated heterocycles. The molecule has 9 N–H and O–H groups in total. The fourth-order valence-electron chi connectivity index (χ4n) is 5.51. The second-order valence-corrected chi connectivity index (χ2v) is 13.7. The second-order valence-electron chi connectivity index (χ2n) is 10.7. The van der Waals surface area contributed by atoms with Crippen LogP contribution in [0.15, 0.2) is 23.8 Å². The summed E-state index contributed by atoms with van der Waals surface area (Å²) >= 11 is 0. The first-order valence-corrected chi connectivity index (χ1v) is 17.0. The van der Waals surface area contributed by atoms with Gasteiger partial charge < -0.3 is 41.2 Å². The summed E-state index contributed by atoms with van der Waals surface area (Å²) in [6.45, 7) is -2.78. The Morgan fingerprint density at radius 3 is 2.40 bits per heavy atom. The van der Waals surface area contributed by atoms with Gasteiger partial charge in [-0.2, -0.15) is 4.98 Å². The van der Waals surface area contributed by atoms with Gasteiger partial charge in [0, 0.05) is 0 Å². The van der Waals surface area contributed by atoms with E-state index in [1.165, 1.54) is 10.9 Å². The van der Waals surface area contributed by atoms with Crippen molar-refractivity contribution in [1.29, 1.82) is 0 Å². The Hall–Kier alpha value is -3.48. The highest BCUT2D eigenvalue weighted by atomic mass is 31.2. The van der Waals surface area contributed by atoms with E-state index in [0.717, 1.165) is 17.2 Å². The van der Waals surface area contributed by atoms with Gasteiger partial charge in [0.1, 0.15) is 48.5 Å². The first kappa shape index (κ1) is 33.0. The number of aromatic nitrogens is 8. The number of hydrogen-bond acceptors (Lipinski definition) is 20. The number of aromatic amines is 1. The molecule has 0 radical (unpaired) electrons. The van der Waals surface area contributed by atoms with Crippen LogP contribution < -0.4 is 17.0 Å². The van der Waals surface area contributed by atoms with E-state index < -0.39 is 96.7 Å². The van der Waals surface area contributed by atoms with Gasteiger partial charge in [-0.1, -0.05) is 0 Å². The molecular weight excluding hydrogens is 690 g/mol. The zero-order chi connectivity index (χ0) is 34.0. The largest absolute Gasteiger partial charge is 0.475 e. The number of fused-ring (bicyclic) bond motifs is 5. The lowest BCUT2D eigenvalue weighted by Crippen LogP contribution is -2.36. The number of ether oxygens (including phenoxy) is 2. The van der Waals surface area contributed by atoms with Crippen LogP contribution in [0.1, 0.15) is 12.5 Å². The Morgan fingerprint density at radius 1 is 0.917 bits per heavy atom. The molecule has 4 aromatic heterocycles. The third kappa shape index (κ3) is 5.89. The van der Waals surface area contributed by atoms with Crippen molar-refractivity contribution in [3.63, 3.8) is 0 Å². The molecule has 10 unspecified atom stereocenters. The molecule has 24 nitrogen and oxygen atoms in total. The first-order chi connectivity index (χ1) is 22.9. The summed E-state index contributed by atoms with van der Waals surface area (Å²) in [5, 5.41) is 31.9. The number of nitrogens with one attached hydrogen (secondary N) is 1. The summed E-state index contributed by atoms with van der Waals surface area (Å²) in [4.78, 5) is 45.5. The Balaban J connectivity index is 1.24. The average Bonchev–Trinajstić information content (AvgIpc) is 3.80. The number of imidazole rings is 2. The van der Waals surface area contributed by atoms with Gasteiger partial charge in [0.25, 0.3) is 5.56 Å². The number of aliphatic hydroxyl groups excluding tert-OH is 3. The van der Waals surface area contributed by atoms with E-state index in [4.69, 9.17) is 43.6 Å². The van der Waals surface area contributed by atoms with Crippen molar-refractivity contribution in [2.24, 2.45) is 0 Å². The van der Waals surface area contributed by atoms with Crippen LogP contribution in [0.5, 0.6) is 0 Å². The van der Waals surface area contributed by atoms with E-state index in [2.05, 4.69) is 29.9 Å². The van der Waals surface area contributed by atoms with Gasteiger partial charge in [-0.25, -0.2) is 29.1 Å². The second kappa shape index (κ2) is 12.4. The molecule has 10 atom stereocenters. The van der Waals surface area contributed by atoms with Crippen LogP contribution >= 0.6 is 15.6 Å². The number of nitrogen functional groups attached to an aromatic ring is 2. The molecule has 3 fully saturated rings. The minimum Gasteiger partial charge on any atom is -0.394 e. The highest BCUT2D eigenvalue weighted by Crippen LogP contribution is 2.56. The summed E-state index contributed by atoms with van der Waals surface area (Å²) in [5.41, 5.74) is 10.9. The molecule has 0 aromatic carbocycles. The van der Waals surface area contributed by atoms with Crippen LogP contribution in [0.2, 0.25) is 0 Å². The molecule has 0 amide bonds. The molecule has 0 aliphatic carbocycles. The highest BCUT2D eigenvalue weighted by Gasteiger charge is 2.54. The molecule has 0 saturated carbocycles. The van der Waals surface area contributed by atoms with Crippen molar-refractivity contribution < 1.29 is 61.4 Å². The van der Waals surface area contributed by atoms with E-state index in [1.54, 1.807) is 0 Å². The molecule has 4 aromatic rings. The van der Waals surface area contributed by atoms with Crippen molar-refractivity contribution >= 4 is 49.7 Å². The molecule has 0 spiro atoms. The molecule has 260 valence electrons. The van der Waals surface area contributed by atoms with Crippen molar-refractivity contribution in [1.82, 2.24) is 39.0 Å². The zero-order valence-electron chi connectivity index (χ0n) is 24.2. The summed E-state index contributed by atoms with van der Waals surface area (Å²) < 4.78 is 68.6. The summed E-state index contributed by atoms with van der Waals surface area (Å²) in [6.07, 6.45) is -9.05. The van der Waals surface area contributed by atoms with E-state index >= 15 is 0 Å². The zero-order valence-corrected chi connectivity index (χ0v) is 26.0. The van der Waals surface area contributed by atoms with Crippen LogP contribution in [-0.4, -0.2) is 122 Å². The predicted molar refractivity (Wildman–Crippen MR) is 154 cm³/mol. The standard InChI is InChI=1S/C22H28N10O14P2/c23-16-10-17(26-5-25-16)31(6-27-10)20-13(35)14-9(44-20)4-42-48(39,40-2-1-33)46-15-12(34)8(3-41-47(37,38)45-14)43-21(15)32-7-28-11-18(32)29-22(24)30-19(11)36/h5-9,12-15,20-21,33-35H,1-4H2,(H,37,38)(H2,23,25,26)(H3,24,29,30,36). The number of hydrogen-bond donors (Lipinski definition) is 7. The maximum absolute atomic E-state index is 14.1. The molecule has 2 bridgehead atoms. The van der Waals surface area contributed by atoms with Crippen LogP contribution in [-0.2, 0) is 41.2 Å². The Morgan fingerprint density at radius 2 is 1.62 bits per heavy atom. The molecule has 26 heteroatoms. The fourth-order valence-corrected chi connectivity index (χ4v) is 7.83. The van der Waals surface area contributed by atoms with Crippen LogP contribution in [0.4, 0.5) is 11.8 Å². The minimum atomic E-state index is -5.08. The van der Waals surface area contributed by atoms with E-state index in [0.29, 0.717) is 0 Å². The molecular formula is C22H28N10O14P2. The molecule has 48 heavy (non-hydrogen) atoms. The van der Waals surface area contributed by atoms with Gasteiger partial charge in [-0.05, 0) is 0 Å². The van der Waals surface area contributed by atoms with Crippen molar-refractivity contribution in [2.75, 3.05) is 37.9 Å². The molecule has 3 aliphatic rings. The number of nitrogens with zero attached hydrogens (tertiary/aromatic N) is 7. The van der Waals surface area contributed by atoms with Crippen LogP contribution in [0.3, 0.4) is 0 Å². The quantitative estimate of drug-likeness (QED) is 0.106. The summed E-state index contributed by atoms with van der Waals surface area (Å²) in [5.74, 6) is -0.245. The highest BCUT2D eigenvalue weighted by molar-refractivity contribution is 7.48. The van der Waals surface area contributed by atoms with Gasteiger partial charge in [0.05, 0.1) is 39.1 Å². The average molecular weight is 718 g/mol. The normalized spacial score (nSPS) is 36.1. The monoisotopic (exact) mass is 718 g/mol. The summed E-state index contributed by atoms with van der Waals surface area (Å²) in [6, 6.07) is 0. The number of phosphoric acid groups is 2. The van der Waals surface area contributed by atoms with Gasteiger partial charge in [0.2, 0.25) is 5.95 Å². The lowest BCUT2D eigenvalue weighted by atomic mass is 10.1. The van der Waals surface area contributed by atoms with Crippen LogP contribution in [0.25, 0.3) is 22.3 Å². The first-order valence-electron chi connectivity index (χ1n) is 14.0. The number of anilines is 2. The third-order valence-corrected chi connectivity index (χ3v) is 10.1. The maximum atomic E-state index is 14.1. The number of aliphatic hydroxyl groups is 3. The van der Waals surface area contributed by atoms with Gasteiger partial charge >= 0.3 is 15.6 Å². The Bertz CT molecular complexity index is 1990. The van der Waals surface area contributed by atoms with Gasteiger partial charge in [-0.15, -0.1) is 0 Å².